The Morgan fingerprint density at radius 3 is 2.46 bits per heavy atom. The number of nitrogens with one attached hydrogen (secondary N) is 3. The normalized spacial score (nSPS) is 18.1. The van der Waals surface area contributed by atoms with Gasteiger partial charge in [0, 0.05) is 36.4 Å². The molecule has 0 radical (unpaired) electrons. The second kappa shape index (κ2) is 10.6. The number of piperidine rings is 1. The molecule has 12 heteroatoms. The SMILES string of the molecule is COc1cc(Nc2cnc3ccc(NC(=O)NC4CCN(O)C(C)C4)nc3n2)cc(OC)c1OC. The second-order valence-electron chi connectivity index (χ2n) is 8.17. The van der Waals surface area contributed by atoms with Crippen molar-refractivity contribution < 1.29 is 24.2 Å². The average molecular weight is 484 g/mol. The molecule has 186 valence electrons. The van der Waals surface area contributed by atoms with Gasteiger partial charge in [-0.05, 0) is 31.9 Å². The van der Waals surface area contributed by atoms with Crippen molar-refractivity contribution in [1.29, 1.82) is 0 Å². The zero-order chi connectivity index (χ0) is 24.9. The van der Waals surface area contributed by atoms with E-state index in [9.17, 15) is 10.0 Å². The highest BCUT2D eigenvalue weighted by Gasteiger charge is 2.25. The van der Waals surface area contributed by atoms with E-state index in [1.165, 1.54) is 12.2 Å². The lowest BCUT2D eigenvalue weighted by molar-refractivity contribution is -0.140. The monoisotopic (exact) mass is 483 g/mol. The minimum absolute atomic E-state index is 0.0142. The Balaban J connectivity index is 1.48. The number of amides is 2. The van der Waals surface area contributed by atoms with Crippen LogP contribution in [0.1, 0.15) is 19.8 Å². The lowest BCUT2D eigenvalue weighted by atomic mass is 10.0. The van der Waals surface area contributed by atoms with Crippen molar-refractivity contribution in [2.24, 2.45) is 0 Å². The first-order valence-electron chi connectivity index (χ1n) is 11.1. The van der Waals surface area contributed by atoms with Gasteiger partial charge in [-0.1, -0.05) is 0 Å². The number of benzene rings is 1. The van der Waals surface area contributed by atoms with Gasteiger partial charge in [-0.25, -0.2) is 19.7 Å². The molecule has 1 fully saturated rings. The summed E-state index contributed by atoms with van der Waals surface area (Å²) in [5.74, 6) is 2.28. The van der Waals surface area contributed by atoms with E-state index in [1.807, 2.05) is 6.92 Å². The van der Waals surface area contributed by atoms with Crippen LogP contribution in [0.15, 0.2) is 30.5 Å². The number of carbonyl (C=O) groups is 1. The van der Waals surface area contributed by atoms with Gasteiger partial charge in [0.1, 0.15) is 11.3 Å². The first-order chi connectivity index (χ1) is 16.9. The fourth-order valence-corrected chi connectivity index (χ4v) is 3.96. The Hall–Kier alpha value is -3.90. The molecule has 3 heterocycles. The van der Waals surface area contributed by atoms with Crippen LogP contribution in [0, 0.1) is 0 Å². The number of rotatable bonds is 7. The molecule has 1 saturated heterocycles. The summed E-state index contributed by atoms with van der Waals surface area (Å²) in [6.45, 7) is 2.43. The Morgan fingerprint density at radius 1 is 1.09 bits per heavy atom. The number of hydrogen-bond donors (Lipinski definition) is 4. The summed E-state index contributed by atoms with van der Waals surface area (Å²) in [6.07, 6.45) is 2.92. The quantitative estimate of drug-likeness (QED) is 0.396. The Kier molecular flexibility index (Phi) is 7.32. The molecule has 1 aliphatic rings. The molecule has 12 nitrogen and oxygen atoms in total. The van der Waals surface area contributed by atoms with Crippen molar-refractivity contribution in [2.75, 3.05) is 38.5 Å². The number of hydrogen-bond acceptors (Lipinski definition) is 10. The number of pyridine rings is 1. The summed E-state index contributed by atoms with van der Waals surface area (Å²) in [4.78, 5) is 25.8. The standard InChI is InChI=1S/C23H29N7O5/c1-13-9-14(7-8-30(13)32)26-23(31)29-19-6-5-16-22(27-19)28-20(12-24-16)25-15-10-17(33-2)21(35-4)18(11-15)34-3/h5-6,10-14,32H,7-9H2,1-4H3,(H3,25,26,27,28,29,31). The minimum atomic E-state index is -0.361. The van der Waals surface area contributed by atoms with Gasteiger partial charge < -0.3 is 30.1 Å². The van der Waals surface area contributed by atoms with Crippen molar-refractivity contribution in [3.63, 3.8) is 0 Å². The lowest BCUT2D eigenvalue weighted by Crippen LogP contribution is -2.48. The molecule has 3 aromatic rings. The average Bonchev–Trinajstić information content (AvgIpc) is 2.85. The predicted molar refractivity (Wildman–Crippen MR) is 130 cm³/mol. The molecule has 4 N–H and O–H groups in total. The second-order valence-corrected chi connectivity index (χ2v) is 8.17. The molecule has 0 spiro atoms. The number of fused-ring (bicyclic) bond motifs is 1. The fraction of sp³-hybridized carbons (Fsp3) is 0.391. The third kappa shape index (κ3) is 5.61. The Bertz CT molecular complexity index is 1180. The number of nitrogens with zero attached hydrogens (tertiary/aromatic N) is 4. The van der Waals surface area contributed by atoms with Gasteiger partial charge in [0.15, 0.2) is 23.0 Å². The number of anilines is 3. The van der Waals surface area contributed by atoms with Gasteiger partial charge in [-0.15, -0.1) is 0 Å². The molecule has 1 aromatic carbocycles. The largest absolute Gasteiger partial charge is 0.493 e. The number of carbonyl (C=O) groups excluding carboxylic acids is 1. The molecule has 2 aromatic heterocycles. The van der Waals surface area contributed by atoms with E-state index in [0.29, 0.717) is 65.1 Å². The van der Waals surface area contributed by atoms with E-state index in [-0.39, 0.29) is 18.1 Å². The number of aromatic nitrogens is 3. The molecule has 0 aliphatic carbocycles. The van der Waals surface area contributed by atoms with Gasteiger partial charge >= 0.3 is 6.03 Å². The summed E-state index contributed by atoms with van der Waals surface area (Å²) < 4.78 is 16.1. The van der Waals surface area contributed by atoms with Crippen molar-refractivity contribution in [3.8, 4) is 17.2 Å². The molecule has 0 saturated carbocycles. The Labute approximate surface area is 202 Å². The van der Waals surface area contributed by atoms with Crippen molar-refractivity contribution in [2.45, 2.75) is 31.8 Å². The maximum Gasteiger partial charge on any atom is 0.320 e. The minimum Gasteiger partial charge on any atom is -0.493 e. The Morgan fingerprint density at radius 2 is 1.80 bits per heavy atom. The highest BCUT2D eigenvalue weighted by molar-refractivity contribution is 5.89. The van der Waals surface area contributed by atoms with Crippen molar-refractivity contribution >= 4 is 34.5 Å². The molecule has 4 rings (SSSR count). The van der Waals surface area contributed by atoms with Crippen LogP contribution >= 0.6 is 0 Å². The smallest absolute Gasteiger partial charge is 0.320 e. The van der Waals surface area contributed by atoms with E-state index in [2.05, 4.69) is 30.9 Å². The first kappa shape index (κ1) is 24.2. The van der Waals surface area contributed by atoms with Gasteiger partial charge in [-0.3, -0.25) is 5.32 Å². The van der Waals surface area contributed by atoms with Crippen LogP contribution in [0.25, 0.3) is 11.2 Å². The zero-order valence-corrected chi connectivity index (χ0v) is 20.0. The fourth-order valence-electron chi connectivity index (χ4n) is 3.96. The molecule has 35 heavy (non-hydrogen) atoms. The van der Waals surface area contributed by atoms with Crippen molar-refractivity contribution in [1.82, 2.24) is 25.3 Å². The van der Waals surface area contributed by atoms with E-state index < -0.39 is 0 Å². The van der Waals surface area contributed by atoms with Crippen molar-refractivity contribution in [3.05, 3.63) is 30.5 Å². The third-order valence-corrected chi connectivity index (χ3v) is 5.76. The molecular weight excluding hydrogens is 454 g/mol. The van der Waals surface area contributed by atoms with Crippen LogP contribution in [0.3, 0.4) is 0 Å². The van der Waals surface area contributed by atoms with Crippen LogP contribution in [-0.4, -0.2) is 71.2 Å². The van der Waals surface area contributed by atoms with E-state index in [0.717, 1.165) is 0 Å². The number of ether oxygens (including phenoxy) is 3. The molecule has 0 bridgehead atoms. The topological polar surface area (TPSA) is 143 Å². The van der Waals surface area contributed by atoms with Crippen LogP contribution in [0.2, 0.25) is 0 Å². The zero-order valence-electron chi connectivity index (χ0n) is 20.0. The van der Waals surface area contributed by atoms with Gasteiger partial charge in [0.05, 0.1) is 27.5 Å². The predicted octanol–water partition coefficient (Wildman–Crippen LogP) is 3.16. The molecule has 2 unspecified atom stereocenters. The summed E-state index contributed by atoms with van der Waals surface area (Å²) in [5, 5.41) is 19.9. The van der Waals surface area contributed by atoms with E-state index in [4.69, 9.17) is 14.2 Å². The van der Waals surface area contributed by atoms with E-state index >= 15 is 0 Å². The maximum absolute atomic E-state index is 12.5. The number of methoxy groups -OCH3 is 3. The van der Waals surface area contributed by atoms with Crippen LogP contribution in [0.4, 0.5) is 22.1 Å². The van der Waals surface area contributed by atoms with E-state index in [1.54, 1.807) is 44.7 Å². The van der Waals surface area contributed by atoms with Crippen LogP contribution < -0.4 is 30.2 Å². The highest BCUT2D eigenvalue weighted by atomic mass is 16.5. The molecule has 2 amide bonds. The summed E-state index contributed by atoms with van der Waals surface area (Å²) in [7, 11) is 4.63. The van der Waals surface area contributed by atoms with Gasteiger partial charge in [0.2, 0.25) is 5.75 Å². The van der Waals surface area contributed by atoms with Gasteiger partial charge in [0.25, 0.3) is 0 Å². The lowest BCUT2D eigenvalue weighted by Gasteiger charge is -2.33. The number of urea groups is 1. The highest BCUT2D eigenvalue weighted by Crippen LogP contribution is 2.40. The van der Waals surface area contributed by atoms with Crippen LogP contribution in [-0.2, 0) is 0 Å². The number of hydroxylamine groups is 2. The first-order valence-corrected chi connectivity index (χ1v) is 11.1. The summed E-state index contributed by atoms with van der Waals surface area (Å²) in [6, 6.07) is 6.51. The maximum atomic E-state index is 12.5. The third-order valence-electron chi connectivity index (χ3n) is 5.76. The molecular formula is C23H29N7O5. The van der Waals surface area contributed by atoms with Gasteiger partial charge in [-0.2, -0.15) is 5.06 Å². The summed E-state index contributed by atoms with van der Waals surface area (Å²) >= 11 is 0. The molecule has 1 aliphatic heterocycles. The molecule has 2 atom stereocenters. The van der Waals surface area contributed by atoms with Crippen LogP contribution in [0.5, 0.6) is 17.2 Å². The summed E-state index contributed by atoms with van der Waals surface area (Å²) in [5.41, 5.74) is 1.60.